The summed E-state index contributed by atoms with van der Waals surface area (Å²) in [5.41, 5.74) is 0. The van der Waals surface area contributed by atoms with Crippen LogP contribution in [0.4, 0.5) is 0 Å². The molecule has 1 heterocycles. The first kappa shape index (κ1) is 13.9. The SMILES string of the molecule is CC(O)CC1CCCCN1CCCN(C)C. The second kappa shape index (κ2) is 7.25. The molecule has 0 radical (unpaired) electrons. The van der Waals surface area contributed by atoms with E-state index >= 15 is 0 Å². The molecule has 3 heteroatoms. The van der Waals surface area contributed by atoms with E-state index in [-0.39, 0.29) is 6.10 Å². The number of hydrogen-bond acceptors (Lipinski definition) is 3. The first-order valence-electron chi connectivity index (χ1n) is 6.66. The van der Waals surface area contributed by atoms with E-state index < -0.39 is 0 Å². The standard InChI is InChI=1S/C13H28N2O/c1-12(16)11-13-7-4-5-9-15(13)10-6-8-14(2)3/h12-13,16H,4-11H2,1-3H3. The molecule has 1 N–H and O–H groups in total. The molecule has 1 rings (SSSR count). The molecule has 0 saturated carbocycles. The van der Waals surface area contributed by atoms with Gasteiger partial charge in [0.25, 0.3) is 0 Å². The molecule has 2 atom stereocenters. The van der Waals surface area contributed by atoms with E-state index in [4.69, 9.17) is 0 Å². The Hall–Kier alpha value is -0.120. The molecule has 1 fully saturated rings. The summed E-state index contributed by atoms with van der Waals surface area (Å²) in [6.45, 7) is 5.49. The van der Waals surface area contributed by atoms with Gasteiger partial charge in [0.1, 0.15) is 0 Å². The van der Waals surface area contributed by atoms with Crippen molar-refractivity contribution in [1.82, 2.24) is 9.80 Å². The van der Waals surface area contributed by atoms with Gasteiger partial charge in [0, 0.05) is 6.04 Å². The Bertz CT molecular complexity index is 183. The van der Waals surface area contributed by atoms with Crippen LogP contribution in [0.1, 0.15) is 39.0 Å². The Kier molecular flexibility index (Phi) is 6.32. The number of nitrogens with zero attached hydrogens (tertiary/aromatic N) is 2. The number of aliphatic hydroxyl groups excluding tert-OH is 1. The van der Waals surface area contributed by atoms with Crippen molar-refractivity contribution in [3.63, 3.8) is 0 Å². The molecule has 1 aliphatic rings. The van der Waals surface area contributed by atoms with Crippen molar-refractivity contribution in [3.05, 3.63) is 0 Å². The zero-order valence-electron chi connectivity index (χ0n) is 11.2. The van der Waals surface area contributed by atoms with E-state index in [0.717, 1.165) is 13.0 Å². The minimum Gasteiger partial charge on any atom is -0.393 e. The van der Waals surface area contributed by atoms with Crippen molar-refractivity contribution in [1.29, 1.82) is 0 Å². The van der Waals surface area contributed by atoms with Gasteiger partial charge >= 0.3 is 0 Å². The quantitative estimate of drug-likeness (QED) is 0.747. The van der Waals surface area contributed by atoms with Gasteiger partial charge in [-0.2, -0.15) is 0 Å². The molecule has 16 heavy (non-hydrogen) atoms. The summed E-state index contributed by atoms with van der Waals surface area (Å²) in [6.07, 6.45) is 5.97. The molecule has 0 aromatic heterocycles. The highest BCUT2D eigenvalue weighted by atomic mass is 16.3. The second-order valence-corrected chi connectivity index (χ2v) is 5.43. The van der Waals surface area contributed by atoms with Gasteiger partial charge in [-0.15, -0.1) is 0 Å². The molecule has 0 aromatic rings. The summed E-state index contributed by atoms with van der Waals surface area (Å²) in [6, 6.07) is 0.621. The average molecular weight is 228 g/mol. The zero-order chi connectivity index (χ0) is 12.0. The van der Waals surface area contributed by atoms with Gasteiger partial charge in [-0.1, -0.05) is 6.42 Å². The summed E-state index contributed by atoms with van der Waals surface area (Å²) >= 11 is 0. The van der Waals surface area contributed by atoms with Crippen molar-refractivity contribution in [3.8, 4) is 0 Å². The van der Waals surface area contributed by atoms with E-state index in [1.807, 2.05) is 6.92 Å². The van der Waals surface area contributed by atoms with Crippen LogP contribution in [-0.4, -0.2) is 60.8 Å². The Morgan fingerprint density at radius 2 is 2.12 bits per heavy atom. The Morgan fingerprint density at radius 1 is 1.38 bits per heavy atom. The average Bonchev–Trinajstić information content (AvgIpc) is 2.19. The summed E-state index contributed by atoms with van der Waals surface area (Å²) in [5, 5.41) is 9.50. The van der Waals surface area contributed by atoms with Crippen molar-refractivity contribution in [2.75, 3.05) is 33.7 Å². The maximum absolute atomic E-state index is 9.50. The van der Waals surface area contributed by atoms with Gasteiger partial charge in [-0.05, 0) is 66.3 Å². The lowest BCUT2D eigenvalue weighted by Gasteiger charge is -2.36. The summed E-state index contributed by atoms with van der Waals surface area (Å²) in [5.74, 6) is 0. The molecule has 0 aromatic carbocycles. The maximum Gasteiger partial charge on any atom is 0.0527 e. The number of likely N-dealkylation sites (tertiary alicyclic amines) is 1. The number of hydrogen-bond donors (Lipinski definition) is 1. The van der Waals surface area contributed by atoms with E-state index in [1.165, 1.54) is 38.8 Å². The summed E-state index contributed by atoms with van der Waals surface area (Å²) < 4.78 is 0. The molecule has 3 nitrogen and oxygen atoms in total. The van der Waals surface area contributed by atoms with E-state index in [9.17, 15) is 5.11 Å². The molecule has 1 aliphatic heterocycles. The van der Waals surface area contributed by atoms with Crippen LogP contribution in [0, 0.1) is 0 Å². The maximum atomic E-state index is 9.50. The van der Waals surface area contributed by atoms with Crippen LogP contribution in [0.25, 0.3) is 0 Å². The lowest BCUT2D eigenvalue weighted by atomic mass is 9.97. The van der Waals surface area contributed by atoms with Crippen molar-refractivity contribution in [2.24, 2.45) is 0 Å². The van der Waals surface area contributed by atoms with Gasteiger partial charge in [0.2, 0.25) is 0 Å². The third-order valence-corrected chi connectivity index (χ3v) is 3.41. The van der Waals surface area contributed by atoms with Crippen molar-refractivity contribution in [2.45, 2.75) is 51.2 Å². The smallest absolute Gasteiger partial charge is 0.0527 e. The first-order chi connectivity index (χ1) is 7.59. The van der Waals surface area contributed by atoms with Crippen LogP contribution in [0.3, 0.4) is 0 Å². The normalized spacial score (nSPS) is 24.9. The fourth-order valence-electron chi connectivity index (χ4n) is 2.61. The second-order valence-electron chi connectivity index (χ2n) is 5.43. The third-order valence-electron chi connectivity index (χ3n) is 3.41. The molecule has 1 saturated heterocycles. The predicted molar refractivity (Wildman–Crippen MR) is 68.7 cm³/mol. The fraction of sp³-hybridized carbons (Fsp3) is 1.00. The highest BCUT2D eigenvalue weighted by Gasteiger charge is 2.22. The lowest BCUT2D eigenvalue weighted by Crippen LogP contribution is -2.42. The first-order valence-corrected chi connectivity index (χ1v) is 6.66. The molecule has 0 bridgehead atoms. The van der Waals surface area contributed by atoms with Crippen molar-refractivity contribution >= 4 is 0 Å². The Balaban J connectivity index is 2.29. The number of piperidine rings is 1. The van der Waals surface area contributed by atoms with Crippen LogP contribution < -0.4 is 0 Å². The molecule has 0 aliphatic carbocycles. The van der Waals surface area contributed by atoms with E-state index in [0.29, 0.717) is 6.04 Å². The molecule has 96 valence electrons. The third kappa shape index (κ3) is 5.28. The summed E-state index contributed by atoms with van der Waals surface area (Å²) in [7, 11) is 4.26. The minimum absolute atomic E-state index is 0.153. The zero-order valence-corrected chi connectivity index (χ0v) is 11.2. The summed E-state index contributed by atoms with van der Waals surface area (Å²) in [4.78, 5) is 4.83. The molecule has 0 spiro atoms. The monoisotopic (exact) mass is 228 g/mol. The van der Waals surface area contributed by atoms with Gasteiger partial charge in [-0.3, -0.25) is 0 Å². The highest BCUT2D eigenvalue weighted by Crippen LogP contribution is 2.20. The fourth-order valence-corrected chi connectivity index (χ4v) is 2.61. The minimum atomic E-state index is -0.153. The molecular formula is C13H28N2O. The van der Waals surface area contributed by atoms with Gasteiger partial charge in [0.05, 0.1) is 6.10 Å². The van der Waals surface area contributed by atoms with Gasteiger partial charge in [0.15, 0.2) is 0 Å². The molecular weight excluding hydrogens is 200 g/mol. The number of rotatable bonds is 6. The highest BCUT2D eigenvalue weighted by molar-refractivity contribution is 4.78. The topological polar surface area (TPSA) is 26.7 Å². The molecule has 0 amide bonds. The van der Waals surface area contributed by atoms with Crippen LogP contribution in [0.2, 0.25) is 0 Å². The Labute approximate surface area is 100 Å². The number of aliphatic hydroxyl groups is 1. The van der Waals surface area contributed by atoms with Crippen LogP contribution in [0.15, 0.2) is 0 Å². The van der Waals surface area contributed by atoms with Gasteiger partial charge < -0.3 is 14.9 Å². The lowest BCUT2D eigenvalue weighted by molar-refractivity contribution is 0.0845. The van der Waals surface area contributed by atoms with E-state index in [2.05, 4.69) is 23.9 Å². The van der Waals surface area contributed by atoms with E-state index in [1.54, 1.807) is 0 Å². The Morgan fingerprint density at radius 3 is 2.75 bits per heavy atom. The molecule has 2 unspecified atom stereocenters. The largest absolute Gasteiger partial charge is 0.393 e. The van der Waals surface area contributed by atoms with Crippen molar-refractivity contribution < 1.29 is 5.11 Å². The predicted octanol–water partition coefficient (Wildman–Crippen LogP) is 1.56. The van der Waals surface area contributed by atoms with Crippen LogP contribution in [-0.2, 0) is 0 Å². The van der Waals surface area contributed by atoms with Gasteiger partial charge in [-0.25, -0.2) is 0 Å². The van der Waals surface area contributed by atoms with Crippen LogP contribution in [0.5, 0.6) is 0 Å². The van der Waals surface area contributed by atoms with Crippen LogP contribution >= 0.6 is 0 Å².